The fourth-order valence-electron chi connectivity index (χ4n) is 4.41. The molecule has 0 amide bonds. The van der Waals surface area contributed by atoms with Crippen molar-refractivity contribution in [3.8, 4) is 5.75 Å². The standard InChI is InChI=1S/C30H22ClF3N2O4S/c1-2-39-28(38)24-25(19-12-14-21(31)15-13-19)36-27(37)23(41-29(36)35-26(24)30(32,33)34)16-20-10-6-7-11-22(20)40-17-18-8-4-3-5-9-18/h3-16,25H,2,17H2,1H3/b23-16+/t25-/m0/s1. The van der Waals surface area contributed by atoms with Gasteiger partial charge in [0.15, 0.2) is 10.5 Å². The van der Waals surface area contributed by atoms with Crippen LogP contribution in [0.25, 0.3) is 6.08 Å². The van der Waals surface area contributed by atoms with Crippen LogP contribution >= 0.6 is 22.9 Å². The molecule has 0 fully saturated rings. The van der Waals surface area contributed by atoms with E-state index in [1.165, 1.54) is 31.2 Å². The largest absolute Gasteiger partial charge is 0.488 e. The van der Waals surface area contributed by atoms with Crippen molar-refractivity contribution in [3.05, 3.63) is 132 Å². The van der Waals surface area contributed by atoms with E-state index >= 15 is 0 Å². The molecule has 2 heterocycles. The summed E-state index contributed by atoms with van der Waals surface area (Å²) >= 11 is 6.81. The van der Waals surface area contributed by atoms with Crippen molar-refractivity contribution in [3.63, 3.8) is 0 Å². The highest BCUT2D eigenvalue weighted by molar-refractivity contribution is 7.07. The highest BCUT2D eigenvalue weighted by atomic mass is 35.5. The van der Waals surface area contributed by atoms with Gasteiger partial charge in [-0.05, 0) is 42.3 Å². The van der Waals surface area contributed by atoms with Crippen molar-refractivity contribution in [2.24, 2.45) is 4.99 Å². The van der Waals surface area contributed by atoms with E-state index < -0.39 is 35.0 Å². The lowest BCUT2D eigenvalue weighted by Crippen LogP contribution is -2.41. The number of thiazole rings is 1. The highest BCUT2D eigenvalue weighted by Gasteiger charge is 2.45. The minimum Gasteiger partial charge on any atom is -0.488 e. The van der Waals surface area contributed by atoms with Crippen LogP contribution in [0.2, 0.25) is 5.02 Å². The maximum absolute atomic E-state index is 14.3. The SMILES string of the molecule is CCOC(=O)C1=C(C(F)(F)F)N=c2s/c(=C/c3ccccc3OCc3ccccc3)c(=O)n2[C@H]1c1ccc(Cl)cc1. The Morgan fingerprint density at radius 3 is 2.41 bits per heavy atom. The summed E-state index contributed by atoms with van der Waals surface area (Å²) in [5, 5.41) is 0.339. The Bertz CT molecular complexity index is 1800. The van der Waals surface area contributed by atoms with Gasteiger partial charge < -0.3 is 9.47 Å². The number of ether oxygens (including phenoxy) is 2. The van der Waals surface area contributed by atoms with Crippen LogP contribution in [0.3, 0.4) is 0 Å². The number of allylic oxidation sites excluding steroid dienone is 1. The van der Waals surface area contributed by atoms with Gasteiger partial charge in [0.05, 0.1) is 22.8 Å². The molecule has 1 aliphatic heterocycles. The summed E-state index contributed by atoms with van der Waals surface area (Å²) < 4.78 is 55.0. The van der Waals surface area contributed by atoms with E-state index in [4.69, 9.17) is 21.1 Å². The molecular formula is C30H22ClF3N2O4S. The van der Waals surface area contributed by atoms with Crippen LogP contribution in [-0.2, 0) is 16.1 Å². The Labute approximate surface area is 241 Å². The Kier molecular flexibility index (Phi) is 8.14. The third kappa shape index (κ3) is 5.98. The molecule has 5 rings (SSSR count). The van der Waals surface area contributed by atoms with E-state index in [0.29, 0.717) is 16.3 Å². The van der Waals surface area contributed by atoms with Crippen LogP contribution in [0.4, 0.5) is 13.2 Å². The first kappa shape index (κ1) is 28.4. The van der Waals surface area contributed by atoms with Gasteiger partial charge in [-0.25, -0.2) is 9.79 Å². The molecule has 210 valence electrons. The van der Waals surface area contributed by atoms with Crippen LogP contribution in [0.1, 0.15) is 29.7 Å². The van der Waals surface area contributed by atoms with Gasteiger partial charge in [-0.1, -0.05) is 83.6 Å². The number of nitrogens with zero attached hydrogens (tertiary/aromatic N) is 2. The molecule has 0 saturated carbocycles. The Hall–Kier alpha value is -4.15. The van der Waals surface area contributed by atoms with E-state index in [2.05, 4.69) is 4.99 Å². The number of alkyl halides is 3. The number of rotatable bonds is 7. The highest BCUT2D eigenvalue weighted by Crippen LogP contribution is 2.38. The molecule has 1 atom stereocenters. The fraction of sp³-hybridized carbons (Fsp3) is 0.167. The van der Waals surface area contributed by atoms with Gasteiger partial charge in [-0.15, -0.1) is 0 Å². The van der Waals surface area contributed by atoms with E-state index in [0.717, 1.165) is 21.5 Å². The van der Waals surface area contributed by atoms with Crippen molar-refractivity contribution in [1.29, 1.82) is 0 Å². The molecule has 1 aliphatic rings. The first-order valence-electron chi connectivity index (χ1n) is 12.5. The second-order valence-corrected chi connectivity index (χ2v) is 10.4. The van der Waals surface area contributed by atoms with Gasteiger partial charge in [-0.3, -0.25) is 9.36 Å². The van der Waals surface area contributed by atoms with Crippen molar-refractivity contribution < 1.29 is 27.4 Å². The molecular weight excluding hydrogens is 577 g/mol. The minimum absolute atomic E-state index is 0.116. The van der Waals surface area contributed by atoms with Crippen LogP contribution in [0, 0.1) is 0 Å². The third-order valence-corrected chi connectivity index (χ3v) is 7.46. The summed E-state index contributed by atoms with van der Waals surface area (Å²) in [5.41, 5.74) is -1.06. The Balaban J connectivity index is 1.68. The number of aromatic nitrogens is 1. The van der Waals surface area contributed by atoms with Gasteiger partial charge in [-0.2, -0.15) is 13.2 Å². The van der Waals surface area contributed by atoms with Crippen molar-refractivity contribution in [1.82, 2.24) is 4.57 Å². The van der Waals surface area contributed by atoms with Crippen LogP contribution in [0.5, 0.6) is 5.75 Å². The van der Waals surface area contributed by atoms with Crippen molar-refractivity contribution in [2.75, 3.05) is 6.61 Å². The number of halogens is 4. The maximum Gasteiger partial charge on any atom is 0.434 e. The molecule has 0 saturated heterocycles. The number of hydrogen-bond acceptors (Lipinski definition) is 6. The second-order valence-electron chi connectivity index (χ2n) is 8.93. The topological polar surface area (TPSA) is 69.9 Å². The quantitative estimate of drug-likeness (QED) is 0.261. The molecule has 6 nitrogen and oxygen atoms in total. The summed E-state index contributed by atoms with van der Waals surface area (Å²) in [4.78, 5) is 30.3. The lowest BCUT2D eigenvalue weighted by molar-refractivity contribution is -0.140. The van der Waals surface area contributed by atoms with Gasteiger partial charge in [0.25, 0.3) is 5.56 Å². The first-order chi connectivity index (χ1) is 19.7. The van der Waals surface area contributed by atoms with Gasteiger partial charge in [0.2, 0.25) is 0 Å². The Morgan fingerprint density at radius 2 is 1.73 bits per heavy atom. The normalized spacial score (nSPS) is 15.3. The molecule has 3 aromatic carbocycles. The molecule has 0 N–H and O–H groups in total. The van der Waals surface area contributed by atoms with Gasteiger partial charge in [0, 0.05) is 10.6 Å². The molecule has 0 bridgehead atoms. The number of fused-ring (bicyclic) bond motifs is 1. The first-order valence-corrected chi connectivity index (χ1v) is 13.7. The molecule has 0 radical (unpaired) electrons. The molecule has 0 spiro atoms. The number of esters is 1. The van der Waals surface area contributed by atoms with E-state index in [-0.39, 0.29) is 28.1 Å². The van der Waals surface area contributed by atoms with Crippen molar-refractivity contribution >= 4 is 35.0 Å². The summed E-state index contributed by atoms with van der Waals surface area (Å²) in [5.74, 6) is -0.725. The average molecular weight is 599 g/mol. The predicted molar refractivity (Wildman–Crippen MR) is 149 cm³/mol. The zero-order valence-corrected chi connectivity index (χ0v) is 23.1. The number of carbonyl (C=O) groups excluding carboxylic acids is 1. The monoisotopic (exact) mass is 598 g/mol. The number of carbonyl (C=O) groups is 1. The molecule has 0 aliphatic carbocycles. The predicted octanol–water partition coefficient (Wildman–Crippen LogP) is 5.57. The van der Waals surface area contributed by atoms with E-state index in [9.17, 15) is 22.8 Å². The van der Waals surface area contributed by atoms with E-state index in [1.807, 2.05) is 30.3 Å². The van der Waals surface area contributed by atoms with E-state index in [1.54, 1.807) is 30.3 Å². The zero-order valence-electron chi connectivity index (χ0n) is 21.5. The number of para-hydroxylation sites is 1. The summed E-state index contributed by atoms with van der Waals surface area (Å²) in [6.07, 6.45) is -3.44. The number of hydrogen-bond donors (Lipinski definition) is 0. The molecule has 1 aromatic heterocycles. The van der Waals surface area contributed by atoms with Crippen LogP contribution in [-0.4, -0.2) is 23.3 Å². The summed E-state index contributed by atoms with van der Waals surface area (Å²) in [6.45, 7) is 1.60. The third-order valence-electron chi connectivity index (χ3n) is 6.22. The lowest BCUT2D eigenvalue weighted by atomic mass is 9.95. The Morgan fingerprint density at radius 1 is 1.05 bits per heavy atom. The van der Waals surface area contributed by atoms with Crippen LogP contribution in [0.15, 0.2) is 99.9 Å². The summed E-state index contributed by atoms with van der Waals surface area (Å²) in [7, 11) is 0. The fourth-order valence-corrected chi connectivity index (χ4v) is 5.53. The minimum atomic E-state index is -4.99. The second kappa shape index (κ2) is 11.8. The van der Waals surface area contributed by atoms with Crippen LogP contribution < -0.4 is 19.6 Å². The molecule has 0 unspecified atom stereocenters. The molecule has 4 aromatic rings. The number of benzene rings is 3. The van der Waals surface area contributed by atoms with Crippen molar-refractivity contribution in [2.45, 2.75) is 25.7 Å². The lowest BCUT2D eigenvalue weighted by Gasteiger charge is -2.26. The average Bonchev–Trinajstić information content (AvgIpc) is 3.27. The smallest absolute Gasteiger partial charge is 0.434 e. The molecule has 41 heavy (non-hydrogen) atoms. The van der Waals surface area contributed by atoms with Gasteiger partial charge >= 0.3 is 12.1 Å². The molecule has 11 heteroatoms. The van der Waals surface area contributed by atoms with Gasteiger partial charge in [0.1, 0.15) is 12.4 Å². The zero-order chi connectivity index (χ0) is 29.1. The summed E-state index contributed by atoms with van der Waals surface area (Å²) in [6, 6.07) is 21.0. The maximum atomic E-state index is 14.3.